The number of ether oxygens (including phenoxy) is 1. The van der Waals surface area contributed by atoms with Gasteiger partial charge in [0.2, 0.25) is 0 Å². The average Bonchev–Trinajstić information content (AvgIpc) is 2.29. The molecule has 0 saturated carbocycles. The van der Waals surface area contributed by atoms with E-state index < -0.39 is 11.7 Å². The molecular weight excluding hydrogens is 267 g/mol. The summed E-state index contributed by atoms with van der Waals surface area (Å²) in [5.74, 6) is 0. The molecule has 0 aromatic heterocycles. The summed E-state index contributed by atoms with van der Waals surface area (Å²) in [5, 5.41) is 2.79. The lowest BCUT2D eigenvalue weighted by molar-refractivity contribution is -0.136. The summed E-state index contributed by atoms with van der Waals surface area (Å²) in [6.45, 7) is 3.35. The van der Waals surface area contributed by atoms with Crippen molar-refractivity contribution in [1.29, 1.82) is 0 Å². The molecule has 1 N–H and O–H groups in total. The molecule has 0 atom stereocenters. The predicted octanol–water partition coefficient (Wildman–Crippen LogP) is 4.20. The number of para-hydroxylation sites is 1. The monoisotopic (exact) mass is 281 g/mol. The van der Waals surface area contributed by atoms with Crippen LogP contribution in [0.15, 0.2) is 18.2 Å². The standard InChI is InChI=1S/C12H15ClF3NO/c1-2-18-8-4-7-17-11-9(12(14,15)16)5-3-6-10(11)13/h3,5-6,17H,2,4,7-8H2,1H3. The van der Waals surface area contributed by atoms with Gasteiger partial charge in [0, 0.05) is 19.8 Å². The van der Waals surface area contributed by atoms with Crippen LogP contribution in [0.1, 0.15) is 18.9 Å². The molecule has 0 spiro atoms. The van der Waals surface area contributed by atoms with Gasteiger partial charge in [-0.1, -0.05) is 17.7 Å². The molecule has 0 radical (unpaired) electrons. The number of anilines is 1. The molecule has 0 aliphatic heterocycles. The smallest absolute Gasteiger partial charge is 0.383 e. The zero-order valence-electron chi connectivity index (χ0n) is 9.98. The highest BCUT2D eigenvalue weighted by Crippen LogP contribution is 2.38. The van der Waals surface area contributed by atoms with Gasteiger partial charge in [0.15, 0.2) is 0 Å². The highest BCUT2D eigenvalue weighted by Gasteiger charge is 2.34. The molecule has 0 saturated heterocycles. The summed E-state index contributed by atoms with van der Waals surface area (Å²) in [5.41, 5.74) is -0.811. The van der Waals surface area contributed by atoms with E-state index in [-0.39, 0.29) is 10.7 Å². The predicted molar refractivity (Wildman–Crippen MR) is 66.1 cm³/mol. The topological polar surface area (TPSA) is 21.3 Å². The Kier molecular flexibility index (Phi) is 5.75. The number of hydrogen-bond acceptors (Lipinski definition) is 2. The Bertz CT molecular complexity index is 382. The second-order valence-electron chi connectivity index (χ2n) is 3.64. The second kappa shape index (κ2) is 6.85. The lowest BCUT2D eigenvalue weighted by Gasteiger charge is -2.15. The number of nitrogens with one attached hydrogen (secondary N) is 1. The van der Waals surface area contributed by atoms with Crippen LogP contribution in [-0.2, 0) is 10.9 Å². The average molecular weight is 282 g/mol. The van der Waals surface area contributed by atoms with E-state index in [1.165, 1.54) is 12.1 Å². The summed E-state index contributed by atoms with van der Waals surface area (Å²) >= 11 is 5.78. The molecule has 0 heterocycles. The Morgan fingerprint density at radius 1 is 1.33 bits per heavy atom. The quantitative estimate of drug-likeness (QED) is 0.789. The third-order valence-electron chi connectivity index (χ3n) is 2.29. The number of benzene rings is 1. The number of hydrogen-bond donors (Lipinski definition) is 1. The summed E-state index contributed by atoms with van der Waals surface area (Å²) in [6.07, 6.45) is -3.79. The first-order valence-corrected chi connectivity index (χ1v) is 6.02. The van der Waals surface area contributed by atoms with E-state index >= 15 is 0 Å². The number of rotatable bonds is 6. The fourth-order valence-corrected chi connectivity index (χ4v) is 1.71. The Morgan fingerprint density at radius 2 is 2.06 bits per heavy atom. The second-order valence-corrected chi connectivity index (χ2v) is 4.04. The van der Waals surface area contributed by atoms with E-state index in [1.54, 1.807) is 0 Å². The molecule has 0 fully saturated rings. The molecule has 1 aromatic rings. The Balaban J connectivity index is 2.69. The zero-order chi connectivity index (χ0) is 13.6. The van der Waals surface area contributed by atoms with E-state index in [0.717, 1.165) is 6.07 Å². The van der Waals surface area contributed by atoms with Crippen LogP contribution in [0.25, 0.3) is 0 Å². The highest BCUT2D eigenvalue weighted by atomic mass is 35.5. The molecule has 2 nitrogen and oxygen atoms in total. The summed E-state index contributed by atoms with van der Waals surface area (Å²) in [4.78, 5) is 0. The van der Waals surface area contributed by atoms with Crippen molar-refractivity contribution in [3.8, 4) is 0 Å². The van der Waals surface area contributed by atoms with Gasteiger partial charge in [0.25, 0.3) is 0 Å². The third-order valence-corrected chi connectivity index (χ3v) is 2.61. The first kappa shape index (κ1) is 15.1. The van der Waals surface area contributed by atoms with Gasteiger partial charge < -0.3 is 10.1 Å². The van der Waals surface area contributed by atoms with Gasteiger partial charge in [-0.2, -0.15) is 13.2 Å². The van der Waals surface area contributed by atoms with Gasteiger partial charge in [0.05, 0.1) is 16.3 Å². The van der Waals surface area contributed by atoms with E-state index in [0.29, 0.717) is 26.2 Å². The van der Waals surface area contributed by atoms with Crippen molar-refractivity contribution in [1.82, 2.24) is 0 Å². The minimum Gasteiger partial charge on any atom is -0.383 e. The minimum atomic E-state index is -4.41. The van der Waals surface area contributed by atoms with Crippen molar-refractivity contribution < 1.29 is 17.9 Å². The maximum Gasteiger partial charge on any atom is 0.418 e. The SMILES string of the molecule is CCOCCCNc1c(Cl)cccc1C(F)(F)F. The summed E-state index contributed by atoms with van der Waals surface area (Å²) in [7, 11) is 0. The largest absolute Gasteiger partial charge is 0.418 e. The zero-order valence-corrected chi connectivity index (χ0v) is 10.7. The molecular formula is C12H15ClF3NO. The van der Waals surface area contributed by atoms with E-state index in [4.69, 9.17) is 16.3 Å². The number of halogens is 4. The number of alkyl halides is 3. The lowest BCUT2D eigenvalue weighted by atomic mass is 10.1. The molecule has 1 rings (SSSR count). The molecule has 6 heteroatoms. The molecule has 0 unspecified atom stereocenters. The maximum absolute atomic E-state index is 12.7. The summed E-state index contributed by atoms with van der Waals surface area (Å²) in [6, 6.07) is 3.73. The minimum absolute atomic E-state index is 0.0665. The Hall–Kier alpha value is -0.940. The molecule has 0 bridgehead atoms. The van der Waals surface area contributed by atoms with Gasteiger partial charge in [-0.15, -0.1) is 0 Å². The first-order chi connectivity index (χ1) is 8.46. The van der Waals surface area contributed by atoms with E-state index in [2.05, 4.69) is 5.32 Å². The molecule has 0 aliphatic carbocycles. The first-order valence-electron chi connectivity index (χ1n) is 5.64. The van der Waals surface area contributed by atoms with Crippen molar-refractivity contribution >= 4 is 17.3 Å². The normalized spacial score (nSPS) is 11.6. The molecule has 1 aromatic carbocycles. The summed E-state index contributed by atoms with van der Waals surface area (Å²) < 4.78 is 43.3. The lowest BCUT2D eigenvalue weighted by Crippen LogP contribution is -2.13. The van der Waals surface area contributed by atoms with Gasteiger partial charge in [-0.3, -0.25) is 0 Å². The van der Waals surface area contributed by atoms with Gasteiger partial charge in [-0.05, 0) is 25.5 Å². The molecule has 102 valence electrons. The van der Waals surface area contributed by atoms with Crippen LogP contribution in [0.4, 0.5) is 18.9 Å². The Morgan fingerprint density at radius 3 is 2.67 bits per heavy atom. The molecule has 0 amide bonds. The fraction of sp³-hybridized carbons (Fsp3) is 0.500. The third kappa shape index (κ3) is 4.38. The molecule has 0 aliphatic rings. The van der Waals surface area contributed by atoms with Crippen molar-refractivity contribution in [2.45, 2.75) is 19.5 Å². The van der Waals surface area contributed by atoms with Crippen LogP contribution in [0.3, 0.4) is 0 Å². The molecule has 18 heavy (non-hydrogen) atoms. The van der Waals surface area contributed by atoms with E-state index in [1.807, 2.05) is 6.92 Å². The van der Waals surface area contributed by atoms with E-state index in [9.17, 15) is 13.2 Å². The van der Waals surface area contributed by atoms with Gasteiger partial charge in [0.1, 0.15) is 0 Å². The van der Waals surface area contributed by atoms with Crippen LogP contribution < -0.4 is 5.32 Å². The van der Waals surface area contributed by atoms with Crippen LogP contribution in [-0.4, -0.2) is 19.8 Å². The van der Waals surface area contributed by atoms with Gasteiger partial charge in [-0.25, -0.2) is 0 Å². The van der Waals surface area contributed by atoms with Crippen molar-refractivity contribution in [3.05, 3.63) is 28.8 Å². The van der Waals surface area contributed by atoms with Crippen molar-refractivity contribution in [2.24, 2.45) is 0 Å². The maximum atomic E-state index is 12.7. The Labute approximate surface area is 109 Å². The fourth-order valence-electron chi connectivity index (χ4n) is 1.47. The van der Waals surface area contributed by atoms with Crippen LogP contribution >= 0.6 is 11.6 Å². The van der Waals surface area contributed by atoms with Crippen LogP contribution in [0, 0.1) is 0 Å². The van der Waals surface area contributed by atoms with Crippen LogP contribution in [0.2, 0.25) is 5.02 Å². The van der Waals surface area contributed by atoms with Crippen LogP contribution in [0.5, 0.6) is 0 Å². The van der Waals surface area contributed by atoms with Gasteiger partial charge >= 0.3 is 6.18 Å². The van der Waals surface area contributed by atoms with Crippen molar-refractivity contribution in [3.63, 3.8) is 0 Å². The van der Waals surface area contributed by atoms with Crippen molar-refractivity contribution in [2.75, 3.05) is 25.1 Å². The highest BCUT2D eigenvalue weighted by molar-refractivity contribution is 6.33.